The number of aromatic amines is 1. The second kappa shape index (κ2) is 2.12. The molecule has 1 N–H and O–H groups in total. The van der Waals surface area contributed by atoms with Crippen LogP contribution in [0.2, 0.25) is 0 Å². The van der Waals surface area contributed by atoms with E-state index >= 15 is 0 Å². The lowest BCUT2D eigenvalue weighted by Gasteiger charge is -1.90. The Balaban J connectivity index is 3.03. The van der Waals surface area contributed by atoms with Crippen LogP contribution in [0.25, 0.3) is 10.9 Å². The normalized spacial score (nSPS) is 10.2. The van der Waals surface area contributed by atoms with Crippen molar-refractivity contribution in [3.8, 4) is 0 Å². The maximum atomic E-state index is 11.0. The summed E-state index contributed by atoms with van der Waals surface area (Å²) in [5, 5.41) is 13.9. The molecule has 54 valence electrons. The average Bonchev–Trinajstić information content (AvgIpc) is 2.06. The predicted molar refractivity (Wildman–Crippen MR) is 38.0 cm³/mol. The van der Waals surface area contributed by atoms with Crippen molar-refractivity contribution in [2.24, 2.45) is 0 Å². The van der Waals surface area contributed by atoms with Gasteiger partial charge in [-0.3, -0.25) is 9.89 Å². The maximum Gasteiger partial charge on any atom is 0.209 e. The van der Waals surface area contributed by atoms with E-state index in [9.17, 15) is 4.79 Å². The lowest BCUT2D eigenvalue weighted by molar-refractivity contribution is 1.01. The lowest BCUT2D eigenvalue weighted by atomic mass is 10.3. The molecule has 2 rings (SSSR count). The molecule has 2 aromatic heterocycles. The summed E-state index contributed by atoms with van der Waals surface area (Å²) < 4.78 is 0. The van der Waals surface area contributed by atoms with E-state index in [2.05, 4.69) is 20.4 Å². The van der Waals surface area contributed by atoms with E-state index in [0.717, 1.165) is 0 Å². The van der Waals surface area contributed by atoms with Crippen molar-refractivity contribution in [1.29, 1.82) is 0 Å². The van der Waals surface area contributed by atoms with Crippen molar-refractivity contribution in [3.05, 3.63) is 28.8 Å². The van der Waals surface area contributed by atoms with E-state index in [-0.39, 0.29) is 5.43 Å². The Bertz CT molecular complexity index is 430. The smallest absolute Gasteiger partial charge is 0.209 e. The Morgan fingerprint density at radius 3 is 2.82 bits per heavy atom. The van der Waals surface area contributed by atoms with E-state index < -0.39 is 0 Å². The average molecular weight is 148 g/mol. The van der Waals surface area contributed by atoms with Crippen LogP contribution in [0, 0.1) is 0 Å². The molecule has 0 radical (unpaired) electrons. The summed E-state index contributed by atoms with van der Waals surface area (Å²) in [7, 11) is 0. The van der Waals surface area contributed by atoms with Gasteiger partial charge in [-0.1, -0.05) is 0 Å². The highest BCUT2D eigenvalue weighted by Crippen LogP contribution is 1.97. The second-order valence-electron chi connectivity index (χ2n) is 2.05. The molecule has 2 aromatic rings. The molecule has 0 fully saturated rings. The fourth-order valence-corrected chi connectivity index (χ4v) is 0.837. The summed E-state index contributed by atoms with van der Waals surface area (Å²) >= 11 is 0. The van der Waals surface area contributed by atoms with Crippen molar-refractivity contribution >= 4 is 10.9 Å². The molecule has 0 aliphatic heterocycles. The van der Waals surface area contributed by atoms with Gasteiger partial charge in [0.25, 0.3) is 0 Å². The molecule has 5 heteroatoms. The first kappa shape index (κ1) is 5.96. The molecule has 0 amide bonds. The van der Waals surface area contributed by atoms with Crippen molar-refractivity contribution in [3.63, 3.8) is 0 Å². The van der Waals surface area contributed by atoms with E-state index in [4.69, 9.17) is 0 Å². The first-order valence-electron chi connectivity index (χ1n) is 3.02. The zero-order chi connectivity index (χ0) is 7.68. The SMILES string of the molecule is O=c1cn[nH]c2cnncc12. The Kier molecular flexibility index (Phi) is 1.15. The summed E-state index contributed by atoms with van der Waals surface area (Å²) in [6.07, 6.45) is 4.09. The molecular weight excluding hydrogens is 144 g/mol. The van der Waals surface area contributed by atoms with Crippen molar-refractivity contribution in [2.45, 2.75) is 0 Å². The zero-order valence-corrected chi connectivity index (χ0v) is 5.48. The molecular formula is C6H4N4O. The van der Waals surface area contributed by atoms with Crippen molar-refractivity contribution in [2.75, 3.05) is 0 Å². The van der Waals surface area contributed by atoms with E-state index in [1.165, 1.54) is 18.6 Å². The lowest BCUT2D eigenvalue weighted by Crippen LogP contribution is -2.03. The zero-order valence-electron chi connectivity index (χ0n) is 5.48. The first-order valence-corrected chi connectivity index (χ1v) is 3.02. The van der Waals surface area contributed by atoms with Gasteiger partial charge in [0.1, 0.15) is 0 Å². The minimum atomic E-state index is -0.145. The van der Waals surface area contributed by atoms with Crippen molar-refractivity contribution < 1.29 is 0 Å². The number of nitrogens with one attached hydrogen (secondary N) is 1. The summed E-state index contributed by atoms with van der Waals surface area (Å²) in [6, 6.07) is 0. The minimum absolute atomic E-state index is 0.145. The third-order valence-corrected chi connectivity index (χ3v) is 1.36. The Labute approximate surface area is 61.1 Å². The molecule has 0 unspecified atom stereocenters. The molecule has 0 saturated carbocycles. The van der Waals surface area contributed by atoms with Crippen LogP contribution in [0.5, 0.6) is 0 Å². The highest BCUT2D eigenvalue weighted by Gasteiger charge is 1.95. The van der Waals surface area contributed by atoms with Crippen LogP contribution >= 0.6 is 0 Å². The van der Waals surface area contributed by atoms with Gasteiger partial charge in [-0.15, -0.1) is 0 Å². The Morgan fingerprint density at radius 2 is 2.00 bits per heavy atom. The van der Waals surface area contributed by atoms with Crippen LogP contribution in [-0.2, 0) is 0 Å². The number of nitrogens with zero attached hydrogens (tertiary/aromatic N) is 3. The molecule has 0 aliphatic rings. The van der Waals surface area contributed by atoms with Crippen molar-refractivity contribution in [1.82, 2.24) is 20.4 Å². The van der Waals surface area contributed by atoms with Gasteiger partial charge in [0, 0.05) is 0 Å². The summed E-state index contributed by atoms with van der Waals surface area (Å²) in [5.41, 5.74) is 0.459. The third-order valence-electron chi connectivity index (χ3n) is 1.36. The van der Waals surface area contributed by atoms with Gasteiger partial charge in [0.05, 0.1) is 29.5 Å². The topological polar surface area (TPSA) is 71.5 Å². The van der Waals surface area contributed by atoms with E-state index in [1.54, 1.807) is 0 Å². The van der Waals surface area contributed by atoms with Crippen LogP contribution in [-0.4, -0.2) is 20.4 Å². The first-order chi connectivity index (χ1) is 5.38. The molecule has 5 nitrogen and oxygen atoms in total. The predicted octanol–water partition coefficient (Wildman–Crippen LogP) is -0.287. The maximum absolute atomic E-state index is 11.0. The standard InChI is InChI=1S/C6H4N4O/c11-6-3-9-10-5-2-8-7-1-4(5)6/h1-3H,(H,10,11). The van der Waals surface area contributed by atoms with Gasteiger partial charge in [-0.05, 0) is 0 Å². The van der Waals surface area contributed by atoms with Gasteiger partial charge >= 0.3 is 0 Å². The monoisotopic (exact) mass is 148 g/mol. The van der Waals surface area contributed by atoms with Crippen LogP contribution in [0.3, 0.4) is 0 Å². The van der Waals surface area contributed by atoms with Gasteiger partial charge in [0.15, 0.2) is 0 Å². The fraction of sp³-hybridized carbons (Fsp3) is 0. The molecule has 0 bridgehead atoms. The number of hydrogen-bond acceptors (Lipinski definition) is 4. The number of fused-ring (bicyclic) bond motifs is 1. The molecule has 0 aliphatic carbocycles. The number of H-pyrrole nitrogens is 1. The molecule has 0 aromatic carbocycles. The highest BCUT2D eigenvalue weighted by molar-refractivity contribution is 5.74. The van der Waals surface area contributed by atoms with Gasteiger partial charge < -0.3 is 0 Å². The van der Waals surface area contributed by atoms with Gasteiger partial charge in [0.2, 0.25) is 5.43 Å². The highest BCUT2D eigenvalue weighted by atomic mass is 16.1. The number of rotatable bonds is 0. The van der Waals surface area contributed by atoms with E-state index in [0.29, 0.717) is 10.9 Å². The molecule has 2 heterocycles. The number of hydrogen-bond donors (Lipinski definition) is 1. The number of aromatic nitrogens is 4. The summed E-state index contributed by atoms with van der Waals surface area (Å²) in [4.78, 5) is 11.0. The van der Waals surface area contributed by atoms with Crippen LogP contribution in [0.15, 0.2) is 23.4 Å². The van der Waals surface area contributed by atoms with Gasteiger partial charge in [-0.25, -0.2) is 0 Å². The Hall–Kier alpha value is -1.78. The van der Waals surface area contributed by atoms with Gasteiger partial charge in [-0.2, -0.15) is 15.3 Å². The fourth-order valence-electron chi connectivity index (χ4n) is 0.837. The third kappa shape index (κ3) is 0.861. The second-order valence-corrected chi connectivity index (χ2v) is 2.05. The van der Waals surface area contributed by atoms with Crippen LogP contribution in [0.1, 0.15) is 0 Å². The summed E-state index contributed by atoms with van der Waals surface area (Å²) in [5.74, 6) is 0. The van der Waals surface area contributed by atoms with E-state index in [1.807, 2.05) is 0 Å². The van der Waals surface area contributed by atoms with Crippen LogP contribution in [0.4, 0.5) is 0 Å². The molecule has 0 saturated heterocycles. The quantitative estimate of drug-likeness (QED) is 0.557. The van der Waals surface area contributed by atoms with Crippen LogP contribution < -0.4 is 5.43 Å². The Morgan fingerprint density at radius 1 is 1.18 bits per heavy atom. The largest absolute Gasteiger partial charge is 0.287 e. The molecule has 0 spiro atoms. The molecule has 0 atom stereocenters. The minimum Gasteiger partial charge on any atom is -0.287 e. The summed E-state index contributed by atoms with van der Waals surface area (Å²) in [6.45, 7) is 0. The molecule has 11 heavy (non-hydrogen) atoms.